The molecule has 5 nitrogen and oxygen atoms in total. The molecule has 144 valence electrons. The number of halogens is 1. The van der Waals surface area contributed by atoms with E-state index in [9.17, 15) is 14.0 Å². The Balaban J connectivity index is 2.15. The molecular weight excluding hydrogens is 347 g/mol. The van der Waals surface area contributed by atoms with E-state index < -0.39 is 17.8 Å². The van der Waals surface area contributed by atoms with E-state index in [1.54, 1.807) is 38.1 Å². The number of carbonyl (C=O) groups is 2. The highest BCUT2D eigenvalue weighted by Gasteiger charge is 2.26. The van der Waals surface area contributed by atoms with Gasteiger partial charge in [0.05, 0.1) is 0 Å². The minimum atomic E-state index is -0.752. The summed E-state index contributed by atoms with van der Waals surface area (Å²) in [5.74, 6) is -0.533. The van der Waals surface area contributed by atoms with Crippen molar-refractivity contribution in [2.75, 3.05) is 13.2 Å². The molecule has 0 aliphatic rings. The molecule has 0 bridgehead atoms. The van der Waals surface area contributed by atoms with Crippen LogP contribution in [0.3, 0.4) is 0 Å². The summed E-state index contributed by atoms with van der Waals surface area (Å²) in [6, 6.07) is 12.8. The van der Waals surface area contributed by atoms with Gasteiger partial charge in [0.1, 0.15) is 17.6 Å². The smallest absolute Gasteiger partial charge is 0.261 e. The van der Waals surface area contributed by atoms with E-state index in [1.807, 2.05) is 25.1 Å². The zero-order valence-electron chi connectivity index (χ0n) is 15.9. The third-order valence-corrected chi connectivity index (χ3v) is 4.17. The van der Waals surface area contributed by atoms with Crippen molar-refractivity contribution in [1.29, 1.82) is 0 Å². The third kappa shape index (κ3) is 5.81. The van der Waals surface area contributed by atoms with E-state index in [4.69, 9.17) is 4.74 Å². The van der Waals surface area contributed by atoms with Crippen LogP contribution in [0.2, 0.25) is 0 Å². The molecule has 2 rings (SSSR count). The first-order valence-corrected chi connectivity index (χ1v) is 8.92. The Morgan fingerprint density at radius 2 is 1.93 bits per heavy atom. The number of rotatable bonds is 8. The average molecular weight is 372 g/mol. The number of amides is 2. The summed E-state index contributed by atoms with van der Waals surface area (Å²) >= 11 is 0. The van der Waals surface area contributed by atoms with E-state index in [0.717, 1.165) is 5.56 Å². The molecule has 27 heavy (non-hydrogen) atoms. The summed E-state index contributed by atoms with van der Waals surface area (Å²) in [7, 11) is 0. The largest absolute Gasteiger partial charge is 0.484 e. The molecule has 0 radical (unpaired) electrons. The topological polar surface area (TPSA) is 58.6 Å². The molecule has 6 heteroatoms. The second kappa shape index (κ2) is 9.71. The van der Waals surface area contributed by atoms with Gasteiger partial charge in [-0.1, -0.05) is 30.3 Å². The van der Waals surface area contributed by atoms with Crippen molar-refractivity contribution in [3.05, 3.63) is 65.5 Å². The fourth-order valence-corrected chi connectivity index (χ4v) is 2.65. The monoisotopic (exact) mass is 372 g/mol. The lowest BCUT2D eigenvalue weighted by Gasteiger charge is -2.28. The molecule has 2 aromatic carbocycles. The van der Waals surface area contributed by atoms with Gasteiger partial charge < -0.3 is 15.0 Å². The minimum Gasteiger partial charge on any atom is -0.484 e. The Kier molecular flexibility index (Phi) is 7.34. The SMILES string of the molecule is CCNC(=O)[C@H](C)N(Cc1ccccc1F)C(=O)COc1cccc(C)c1. The van der Waals surface area contributed by atoms with Crippen molar-refractivity contribution in [3.8, 4) is 5.75 Å². The van der Waals surface area contributed by atoms with E-state index in [1.165, 1.54) is 11.0 Å². The van der Waals surface area contributed by atoms with Crippen LogP contribution in [-0.4, -0.2) is 35.9 Å². The second-order valence-corrected chi connectivity index (χ2v) is 6.29. The standard InChI is InChI=1S/C21H25FN2O3/c1-4-23-21(26)16(3)24(13-17-9-5-6-11-19(17)22)20(25)14-27-18-10-7-8-15(2)12-18/h5-12,16H,4,13-14H2,1-3H3,(H,23,26)/t16-/m0/s1. The molecule has 0 spiro atoms. The van der Waals surface area contributed by atoms with E-state index in [0.29, 0.717) is 17.9 Å². The van der Waals surface area contributed by atoms with Gasteiger partial charge in [-0.15, -0.1) is 0 Å². The molecule has 1 N–H and O–H groups in total. The Morgan fingerprint density at radius 3 is 2.59 bits per heavy atom. The van der Waals surface area contributed by atoms with Crippen LogP contribution in [0.5, 0.6) is 5.75 Å². The molecule has 2 aromatic rings. The predicted octanol–water partition coefficient (Wildman–Crippen LogP) is 3.07. The van der Waals surface area contributed by atoms with Crippen molar-refractivity contribution in [3.63, 3.8) is 0 Å². The molecule has 0 aliphatic carbocycles. The van der Waals surface area contributed by atoms with Crippen molar-refractivity contribution in [2.45, 2.75) is 33.4 Å². The zero-order valence-corrected chi connectivity index (χ0v) is 15.9. The molecular formula is C21H25FN2O3. The number of benzene rings is 2. The van der Waals surface area contributed by atoms with E-state index in [-0.39, 0.29) is 19.1 Å². The average Bonchev–Trinajstić information content (AvgIpc) is 2.65. The van der Waals surface area contributed by atoms with Crippen molar-refractivity contribution < 1.29 is 18.7 Å². The van der Waals surface area contributed by atoms with E-state index in [2.05, 4.69) is 5.32 Å². The maximum absolute atomic E-state index is 14.1. The van der Waals surface area contributed by atoms with Gasteiger partial charge in [0, 0.05) is 18.7 Å². The lowest BCUT2D eigenvalue weighted by atomic mass is 10.1. The summed E-state index contributed by atoms with van der Waals surface area (Å²) < 4.78 is 19.6. The molecule has 0 saturated heterocycles. The summed E-state index contributed by atoms with van der Waals surface area (Å²) in [4.78, 5) is 26.3. The van der Waals surface area contributed by atoms with Gasteiger partial charge in [-0.05, 0) is 44.5 Å². The highest BCUT2D eigenvalue weighted by Crippen LogP contribution is 2.15. The van der Waals surface area contributed by atoms with Crippen LogP contribution in [-0.2, 0) is 16.1 Å². The number of ether oxygens (including phenoxy) is 1. The maximum atomic E-state index is 14.1. The second-order valence-electron chi connectivity index (χ2n) is 6.29. The molecule has 0 unspecified atom stereocenters. The summed E-state index contributed by atoms with van der Waals surface area (Å²) in [5, 5.41) is 2.69. The van der Waals surface area contributed by atoms with E-state index >= 15 is 0 Å². The first-order chi connectivity index (χ1) is 12.9. The summed E-state index contributed by atoms with van der Waals surface area (Å²) in [5.41, 5.74) is 1.36. The number of likely N-dealkylation sites (N-methyl/N-ethyl adjacent to an activating group) is 1. The van der Waals surface area contributed by atoms with Gasteiger partial charge in [-0.3, -0.25) is 9.59 Å². The fourth-order valence-electron chi connectivity index (χ4n) is 2.65. The summed E-state index contributed by atoms with van der Waals surface area (Å²) in [6.07, 6.45) is 0. The van der Waals surface area contributed by atoms with Crippen LogP contribution in [0.25, 0.3) is 0 Å². The molecule has 0 saturated carbocycles. The predicted molar refractivity (Wildman–Crippen MR) is 102 cm³/mol. The number of nitrogens with zero attached hydrogens (tertiary/aromatic N) is 1. The van der Waals surface area contributed by atoms with Crippen LogP contribution in [0.1, 0.15) is 25.0 Å². The Bertz CT molecular complexity index is 795. The lowest BCUT2D eigenvalue weighted by Crippen LogP contribution is -2.49. The minimum absolute atomic E-state index is 0.0129. The van der Waals surface area contributed by atoms with Gasteiger partial charge in [0.15, 0.2) is 6.61 Å². The molecule has 0 heterocycles. The van der Waals surface area contributed by atoms with Crippen molar-refractivity contribution in [1.82, 2.24) is 10.2 Å². The molecule has 0 aliphatic heterocycles. The Morgan fingerprint density at radius 1 is 1.19 bits per heavy atom. The molecule has 1 atom stereocenters. The van der Waals surface area contributed by atoms with Gasteiger partial charge in [-0.25, -0.2) is 4.39 Å². The Labute approximate surface area is 159 Å². The van der Waals surface area contributed by atoms with Crippen LogP contribution in [0, 0.1) is 12.7 Å². The number of hydrogen-bond acceptors (Lipinski definition) is 3. The van der Waals surface area contributed by atoms with Crippen LogP contribution in [0.4, 0.5) is 4.39 Å². The third-order valence-electron chi connectivity index (χ3n) is 4.17. The van der Waals surface area contributed by atoms with Gasteiger partial charge in [0.2, 0.25) is 5.91 Å². The van der Waals surface area contributed by atoms with Crippen LogP contribution in [0.15, 0.2) is 48.5 Å². The number of carbonyl (C=O) groups excluding carboxylic acids is 2. The first kappa shape index (κ1) is 20.4. The number of nitrogens with one attached hydrogen (secondary N) is 1. The number of hydrogen-bond donors (Lipinski definition) is 1. The maximum Gasteiger partial charge on any atom is 0.261 e. The quantitative estimate of drug-likeness (QED) is 0.775. The fraction of sp³-hybridized carbons (Fsp3) is 0.333. The number of aryl methyl sites for hydroxylation is 1. The van der Waals surface area contributed by atoms with Crippen LogP contribution < -0.4 is 10.1 Å². The normalized spacial score (nSPS) is 11.6. The zero-order chi connectivity index (χ0) is 19.8. The van der Waals surface area contributed by atoms with Crippen molar-refractivity contribution in [2.24, 2.45) is 0 Å². The highest BCUT2D eigenvalue weighted by molar-refractivity contribution is 5.87. The van der Waals surface area contributed by atoms with Crippen LogP contribution >= 0.6 is 0 Å². The molecule has 0 aromatic heterocycles. The van der Waals surface area contributed by atoms with Gasteiger partial charge >= 0.3 is 0 Å². The first-order valence-electron chi connectivity index (χ1n) is 8.92. The molecule has 0 fully saturated rings. The van der Waals surface area contributed by atoms with Crippen molar-refractivity contribution >= 4 is 11.8 Å². The van der Waals surface area contributed by atoms with Gasteiger partial charge in [0.25, 0.3) is 5.91 Å². The lowest BCUT2D eigenvalue weighted by molar-refractivity contribution is -0.142. The summed E-state index contributed by atoms with van der Waals surface area (Å²) in [6.45, 7) is 5.55. The highest BCUT2D eigenvalue weighted by atomic mass is 19.1. The Hall–Kier alpha value is -2.89. The molecule has 2 amide bonds. The van der Waals surface area contributed by atoms with Gasteiger partial charge in [-0.2, -0.15) is 0 Å².